The van der Waals surface area contributed by atoms with E-state index in [1.54, 1.807) is 31.2 Å². The number of rotatable bonds is 3. The molecule has 6 rings (SSSR count). The number of hydrogen-bond acceptors (Lipinski definition) is 6. The summed E-state index contributed by atoms with van der Waals surface area (Å²) in [5.74, 6) is -3.01. The number of phenols is 1. The summed E-state index contributed by atoms with van der Waals surface area (Å²) in [6, 6.07) is 12.1. The van der Waals surface area contributed by atoms with Gasteiger partial charge in [-0.2, -0.15) is 0 Å². The second-order valence-corrected chi connectivity index (χ2v) is 11.4. The largest absolute Gasteiger partial charge is 0.507 e. The van der Waals surface area contributed by atoms with E-state index in [1.165, 1.54) is 24.2 Å². The standard InChI is InChI=1S/C30H24INO6/c1-14-11-23(33)22-13-21-18(25(27(22)28(14)35)19-8-7-17(38-2)12-24(19)34)9-10-20-26(21)30(37)32(29(20)36)16-5-3-15(31)4-6-16/h3-9,11-12,20-21,25-26,34H,10,13H2,1-2H3/t20-,21+,25+,26-/m0/s1. The van der Waals surface area contributed by atoms with Crippen LogP contribution in [0, 0.1) is 21.3 Å². The van der Waals surface area contributed by atoms with Crippen molar-refractivity contribution in [2.45, 2.75) is 25.7 Å². The fourth-order valence-electron chi connectivity index (χ4n) is 6.46. The molecule has 7 nitrogen and oxygen atoms in total. The minimum atomic E-state index is -0.703. The first-order chi connectivity index (χ1) is 18.2. The molecule has 4 aliphatic rings. The average molecular weight is 621 g/mol. The molecule has 1 aliphatic heterocycles. The van der Waals surface area contributed by atoms with Gasteiger partial charge in [-0.15, -0.1) is 0 Å². The Morgan fingerprint density at radius 2 is 1.74 bits per heavy atom. The van der Waals surface area contributed by atoms with Crippen LogP contribution in [0.15, 0.2) is 76.9 Å². The van der Waals surface area contributed by atoms with E-state index in [9.17, 15) is 24.3 Å². The number of imide groups is 1. The Balaban J connectivity index is 1.49. The zero-order chi connectivity index (χ0) is 26.9. The van der Waals surface area contributed by atoms with Crippen molar-refractivity contribution in [1.29, 1.82) is 0 Å². The number of fused-ring (bicyclic) bond motifs is 3. The average Bonchev–Trinajstić information content (AvgIpc) is 3.16. The summed E-state index contributed by atoms with van der Waals surface area (Å²) >= 11 is 2.17. The minimum Gasteiger partial charge on any atom is -0.507 e. The van der Waals surface area contributed by atoms with Gasteiger partial charge in [0, 0.05) is 37.8 Å². The predicted molar refractivity (Wildman–Crippen MR) is 148 cm³/mol. The zero-order valence-corrected chi connectivity index (χ0v) is 22.9. The molecule has 38 heavy (non-hydrogen) atoms. The summed E-state index contributed by atoms with van der Waals surface area (Å²) in [4.78, 5) is 55.3. The van der Waals surface area contributed by atoms with Crippen LogP contribution >= 0.6 is 22.6 Å². The molecule has 1 N–H and O–H groups in total. The van der Waals surface area contributed by atoms with Gasteiger partial charge in [0.05, 0.1) is 24.6 Å². The SMILES string of the molecule is COc1ccc([C@H]2C3=CC[C@@H]4C(=O)N(c5ccc(I)cc5)C(=O)[C@@H]4[C@@H]3CC3=C2C(=O)C(C)=CC3=O)c(O)c1. The zero-order valence-electron chi connectivity index (χ0n) is 20.7. The third-order valence-electron chi connectivity index (χ3n) is 8.20. The van der Waals surface area contributed by atoms with Crippen LogP contribution in [0.25, 0.3) is 0 Å². The van der Waals surface area contributed by atoms with Gasteiger partial charge in [-0.25, -0.2) is 0 Å². The fraction of sp³-hybridized carbons (Fsp3) is 0.267. The van der Waals surface area contributed by atoms with Gasteiger partial charge in [0.25, 0.3) is 0 Å². The van der Waals surface area contributed by atoms with Crippen molar-refractivity contribution >= 4 is 51.7 Å². The Bertz CT molecular complexity index is 1530. The van der Waals surface area contributed by atoms with Crippen molar-refractivity contribution in [3.05, 3.63) is 86.0 Å². The number of benzene rings is 2. The first-order valence-corrected chi connectivity index (χ1v) is 13.5. The molecule has 2 amide bonds. The molecule has 0 spiro atoms. The quantitative estimate of drug-likeness (QED) is 0.232. The molecule has 0 unspecified atom stereocenters. The van der Waals surface area contributed by atoms with E-state index >= 15 is 0 Å². The van der Waals surface area contributed by atoms with Crippen molar-refractivity contribution in [1.82, 2.24) is 0 Å². The third-order valence-corrected chi connectivity index (χ3v) is 8.92. The molecule has 2 aromatic rings. The molecular formula is C30H24INO6. The second-order valence-electron chi connectivity index (χ2n) is 10.1. The number of ketones is 2. The first-order valence-electron chi connectivity index (χ1n) is 12.4. The molecule has 192 valence electrons. The normalized spacial score (nSPS) is 26.6. The van der Waals surface area contributed by atoms with E-state index in [2.05, 4.69) is 22.6 Å². The third kappa shape index (κ3) is 3.60. The lowest BCUT2D eigenvalue weighted by molar-refractivity contribution is -0.123. The lowest BCUT2D eigenvalue weighted by atomic mass is 9.59. The number of carbonyl (C=O) groups is 4. The number of nitrogens with zero attached hydrogens (tertiary/aromatic N) is 1. The summed E-state index contributed by atoms with van der Waals surface area (Å²) in [6.45, 7) is 1.62. The maximum absolute atomic E-state index is 13.9. The Labute approximate surface area is 233 Å². The van der Waals surface area contributed by atoms with Crippen LogP contribution in [-0.2, 0) is 19.2 Å². The summed E-state index contributed by atoms with van der Waals surface area (Å²) in [7, 11) is 1.50. The van der Waals surface area contributed by atoms with Crippen molar-refractivity contribution in [2.24, 2.45) is 17.8 Å². The van der Waals surface area contributed by atoms with Crippen LogP contribution in [0.3, 0.4) is 0 Å². The Morgan fingerprint density at radius 3 is 2.42 bits per heavy atom. The van der Waals surface area contributed by atoms with E-state index in [0.717, 1.165) is 9.14 Å². The highest BCUT2D eigenvalue weighted by Gasteiger charge is 2.56. The van der Waals surface area contributed by atoms with Crippen molar-refractivity contribution in [2.75, 3.05) is 12.0 Å². The number of halogens is 1. The number of allylic oxidation sites excluding steroid dienone is 6. The predicted octanol–water partition coefficient (Wildman–Crippen LogP) is 4.64. The van der Waals surface area contributed by atoms with Gasteiger partial charge < -0.3 is 9.84 Å². The molecule has 1 fully saturated rings. The summed E-state index contributed by atoms with van der Waals surface area (Å²) in [5.41, 5.74) is 2.84. The van der Waals surface area contributed by atoms with E-state index in [4.69, 9.17) is 4.74 Å². The number of aromatic hydroxyl groups is 1. The summed E-state index contributed by atoms with van der Waals surface area (Å²) < 4.78 is 6.24. The summed E-state index contributed by atoms with van der Waals surface area (Å²) in [5, 5.41) is 11.0. The van der Waals surface area contributed by atoms with Crippen LogP contribution < -0.4 is 9.64 Å². The number of phenolic OH excluding ortho intramolecular Hbond substituents is 1. The number of methoxy groups -OCH3 is 1. The van der Waals surface area contributed by atoms with Crippen molar-refractivity contribution in [3.63, 3.8) is 0 Å². The Hall–Kier alpha value is -3.53. The first kappa shape index (κ1) is 24.8. The lowest BCUT2D eigenvalue weighted by Crippen LogP contribution is -2.39. The molecular weight excluding hydrogens is 597 g/mol. The number of amides is 2. The summed E-state index contributed by atoms with van der Waals surface area (Å²) in [6.07, 6.45) is 3.83. The molecule has 1 saturated heterocycles. The number of ether oxygens (including phenoxy) is 1. The van der Waals surface area contributed by atoms with Crippen LogP contribution in [0.5, 0.6) is 11.5 Å². The highest BCUT2D eigenvalue weighted by atomic mass is 127. The topological polar surface area (TPSA) is 101 Å². The van der Waals surface area contributed by atoms with Crippen LogP contribution in [0.2, 0.25) is 0 Å². The molecule has 3 aliphatic carbocycles. The van der Waals surface area contributed by atoms with Crippen LogP contribution in [0.4, 0.5) is 5.69 Å². The molecule has 0 bridgehead atoms. The molecule has 1 heterocycles. The highest BCUT2D eigenvalue weighted by molar-refractivity contribution is 14.1. The van der Waals surface area contributed by atoms with Gasteiger partial charge in [-0.05, 0) is 84.7 Å². The number of Topliss-reactive ketones (excluding diaryl/α,β-unsaturated/α-hetero) is 1. The monoisotopic (exact) mass is 621 g/mol. The number of carbonyl (C=O) groups excluding carboxylic acids is 4. The van der Waals surface area contributed by atoms with Gasteiger partial charge in [0.2, 0.25) is 11.8 Å². The Kier molecular flexibility index (Phi) is 5.90. The second kappa shape index (κ2) is 9.04. The molecule has 0 saturated carbocycles. The van der Waals surface area contributed by atoms with Gasteiger partial charge >= 0.3 is 0 Å². The maximum atomic E-state index is 13.9. The Morgan fingerprint density at radius 1 is 1.00 bits per heavy atom. The molecule has 0 radical (unpaired) electrons. The van der Waals surface area contributed by atoms with Gasteiger partial charge in [0.1, 0.15) is 11.5 Å². The van der Waals surface area contributed by atoms with E-state index in [1.807, 2.05) is 18.2 Å². The number of hydrogen-bond donors (Lipinski definition) is 1. The van der Waals surface area contributed by atoms with E-state index < -0.39 is 23.7 Å². The van der Waals surface area contributed by atoms with Crippen LogP contribution in [0.1, 0.15) is 31.2 Å². The smallest absolute Gasteiger partial charge is 0.238 e. The highest BCUT2D eigenvalue weighted by Crippen LogP contribution is 2.56. The molecule has 8 heteroatoms. The van der Waals surface area contributed by atoms with Crippen molar-refractivity contribution in [3.8, 4) is 11.5 Å². The van der Waals surface area contributed by atoms with Crippen molar-refractivity contribution < 1.29 is 29.0 Å². The lowest BCUT2D eigenvalue weighted by Gasteiger charge is -2.42. The molecule has 2 aromatic carbocycles. The van der Waals surface area contributed by atoms with E-state index in [-0.39, 0.29) is 35.6 Å². The van der Waals surface area contributed by atoms with Gasteiger partial charge in [-0.3, -0.25) is 24.1 Å². The fourth-order valence-corrected chi connectivity index (χ4v) is 6.82. The van der Waals surface area contributed by atoms with Gasteiger partial charge in [0.15, 0.2) is 11.6 Å². The minimum absolute atomic E-state index is 0.0633. The van der Waals surface area contributed by atoms with E-state index in [0.29, 0.717) is 40.1 Å². The molecule has 0 aromatic heterocycles. The van der Waals surface area contributed by atoms with Crippen LogP contribution in [-0.4, -0.2) is 35.6 Å². The molecule has 4 atom stereocenters. The number of anilines is 1. The van der Waals surface area contributed by atoms with Gasteiger partial charge in [-0.1, -0.05) is 17.7 Å². The maximum Gasteiger partial charge on any atom is 0.238 e.